The minimum atomic E-state index is -0.747. The van der Waals surface area contributed by atoms with Gasteiger partial charge in [0.1, 0.15) is 6.61 Å². The lowest BCUT2D eigenvalue weighted by molar-refractivity contribution is 0.155. The molecule has 88 valence electrons. The number of carbonyl (C=O) groups excluding carboxylic acids is 1. The van der Waals surface area contributed by atoms with Crippen molar-refractivity contribution in [3.63, 3.8) is 0 Å². The van der Waals surface area contributed by atoms with Crippen molar-refractivity contribution >= 4 is 12.0 Å². The average molecular weight is 235 g/mol. The lowest BCUT2D eigenvalue weighted by atomic mass is 10.2. The topological polar surface area (TPSA) is 97.2 Å². The summed E-state index contributed by atoms with van der Waals surface area (Å²) in [6, 6.07) is 9.19. The molecule has 7 heteroatoms. The summed E-state index contributed by atoms with van der Waals surface area (Å²) in [7, 11) is 0. The van der Waals surface area contributed by atoms with Crippen molar-refractivity contribution in [3.8, 4) is 0 Å². The van der Waals surface area contributed by atoms with E-state index in [1.807, 2.05) is 30.3 Å². The molecule has 0 aliphatic carbocycles. The summed E-state index contributed by atoms with van der Waals surface area (Å²) >= 11 is 0. The fourth-order valence-corrected chi connectivity index (χ4v) is 1.14. The number of H-pyrrole nitrogens is 1. The maximum absolute atomic E-state index is 11.3. The molecule has 1 heterocycles. The van der Waals surface area contributed by atoms with Gasteiger partial charge in [-0.05, 0) is 10.7 Å². The molecule has 17 heavy (non-hydrogen) atoms. The fraction of sp³-hybridized carbons (Fsp3) is 0.100. The van der Waals surface area contributed by atoms with E-state index in [0.29, 0.717) is 0 Å². The van der Waals surface area contributed by atoms with Gasteiger partial charge in [0.15, 0.2) is 0 Å². The van der Waals surface area contributed by atoms with Gasteiger partial charge in [-0.1, -0.05) is 30.3 Å². The minimum absolute atomic E-state index is 0.0898. The average Bonchev–Trinajstić information content (AvgIpc) is 2.73. The number of rotatable bonds is 3. The Kier molecular flexibility index (Phi) is 3.20. The number of aromatic nitrogens is 2. The van der Waals surface area contributed by atoms with Crippen LogP contribution in [0.1, 0.15) is 5.56 Å². The van der Waals surface area contributed by atoms with Crippen LogP contribution in [0.15, 0.2) is 39.6 Å². The van der Waals surface area contributed by atoms with E-state index in [-0.39, 0.29) is 12.6 Å². The molecule has 2 aromatic rings. The van der Waals surface area contributed by atoms with E-state index in [4.69, 9.17) is 4.74 Å². The Hall–Kier alpha value is -2.57. The van der Waals surface area contributed by atoms with Crippen LogP contribution in [0.25, 0.3) is 0 Å². The highest BCUT2D eigenvalue weighted by Gasteiger charge is 2.07. The van der Waals surface area contributed by atoms with Gasteiger partial charge in [-0.15, -0.1) is 0 Å². The van der Waals surface area contributed by atoms with Gasteiger partial charge in [0.2, 0.25) is 0 Å². The number of aromatic amines is 1. The Bertz CT molecular complexity index is 546. The van der Waals surface area contributed by atoms with Crippen molar-refractivity contribution in [1.82, 2.24) is 10.1 Å². The Balaban J connectivity index is 1.84. The van der Waals surface area contributed by atoms with E-state index in [0.717, 1.165) is 5.56 Å². The van der Waals surface area contributed by atoms with Crippen LogP contribution in [0.4, 0.5) is 10.7 Å². The monoisotopic (exact) mass is 235 g/mol. The summed E-state index contributed by atoms with van der Waals surface area (Å²) in [5, 5.41) is 5.47. The SMILES string of the molecule is O=C(Nc1noc(=O)[nH]1)OCc1ccccc1. The van der Waals surface area contributed by atoms with Crippen molar-refractivity contribution in [3.05, 3.63) is 46.4 Å². The first-order chi connectivity index (χ1) is 8.24. The summed E-state index contributed by atoms with van der Waals surface area (Å²) in [4.78, 5) is 24.0. The second-order valence-electron chi connectivity index (χ2n) is 3.13. The van der Waals surface area contributed by atoms with Gasteiger partial charge in [0.25, 0.3) is 5.95 Å². The molecule has 0 spiro atoms. The summed E-state index contributed by atoms with van der Waals surface area (Å²) in [6.07, 6.45) is -0.724. The Morgan fingerprint density at radius 1 is 1.41 bits per heavy atom. The van der Waals surface area contributed by atoms with Gasteiger partial charge in [-0.2, -0.15) is 0 Å². The van der Waals surface area contributed by atoms with Gasteiger partial charge in [0, 0.05) is 0 Å². The second-order valence-corrected chi connectivity index (χ2v) is 3.13. The highest BCUT2D eigenvalue weighted by Crippen LogP contribution is 2.01. The largest absolute Gasteiger partial charge is 0.444 e. The van der Waals surface area contributed by atoms with E-state index in [2.05, 4.69) is 20.0 Å². The summed E-state index contributed by atoms with van der Waals surface area (Å²) in [6.45, 7) is 0.134. The smallest absolute Gasteiger partial charge is 0.440 e. The van der Waals surface area contributed by atoms with Gasteiger partial charge >= 0.3 is 11.8 Å². The molecule has 0 aliphatic heterocycles. The van der Waals surface area contributed by atoms with Crippen LogP contribution in [0.3, 0.4) is 0 Å². The predicted molar refractivity (Wildman–Crippen MR) is 57.4 cm³/mol. The number of carbonyl (C=O) groups is 1. The van der Waals surface area contributed by atoms with Crippen molar-refractivity contribution < 1.29 is 14.1 Å². The summed E-state index contributed by atoms with van der Waals surface area (Å²) in [5.74, 6) is -0.837. The first-order valence-electron chi connectivity index (χ1n) is 4.78. The summed E-state index contributed by atoms with van der Waals surface area (Å²) < 4.78 is 9.08. The number of anilines is 1. The second kappa shape index (κ2) is 4.97. The van der Waals surface area contributed by atoms with Crippen LogP contribution in [-0.4, -0.2) is 16.2 Å². The molecular weight excluding hydrogens is 226 g/mol. The molecule has 0 atom stereocenters. The zero-order valence-corrected chi connectivity index (χ0v) is 8.67. The number of nitrogens with one attached hydrogen (secondary N) is 2. The molecule has 2 N–H and O–H groups in total. The van der Waals surface area contributed by atoms with E-state index < -0.39 is 11.8 Å². The Morgan fingerprint density at radius 2 is 2.18 bits per heavy atom. The van der Waals surface area contributed by atoms with Gasteiger partial charge in [-0.3, -0.25) is 14.8 Å². The van der Waals surface area contributed by atoms with Gasteiger partial charge < -0.3 is 4.74 Å². The number of hydrogen-bond acceptors (Lipinski definition) is 5. The van der Waals surface area contributed by atoms with Gasteiger partial charge in [0.05, 0.1) is 0 Å². The molecule has 7 nitrogen and oxygen atoms in total. The molecule has 1 aromatic heterocycles. The van der Waals surface area contributed by atoms with E-state index in [1.54, 1.807) is 0 Å². The predicted octanol–water partition coefficient (Wildman–Crippen LogP) is 1.11. The van der Waals surface area contributed by atoms with Gasteiger partial charge in [-0.25, -0.2) is 9.59 Å². The molecule has 0 saturated heterocycles. The first-order valence-corrected chi connectivity index (χ1v) is 4.78. The van der Waals surface area contributed by atoms with Crippen molar-refractivity contribution in [2.45, 2.75) is 6.61 Å². The fourth-order valence-electron chi connectivity index (χ4n) is 1.14. The molecule has 1 aromatic carbocycles. The zero-order valence-electron chi connectivity index (χ0n) is 8.67. The highest BCUT2D eigenvalue weighted by atomic mass is 16.6. The van der Waals surface area contributed by atoms with Crippen LogP contribution in [0.5, 0.6) is 0 Å². The molecule has 0 fully saturated rings. The Morgan fingerprint density at radius 3 is 2.82 bits per heavy atom. The number of benzene rings is 1. The van der Waals surface area contributed by atoms with Crippen LogP contribution in [0, 0.1) is 0 Å². The highest BCUT2D eigenvalue weighted by molar-refractivity contribution is 5.81. The Labute approximate surface area is 95.4 Å². The molecule has 0 radical (unpaired) electrons. The van der Waals surface area contributed by atoms with Crippen LogP contribution >= 0.6 is 0 Å². The summed E-state index contributed by atoms with van der Waals surface area (Å²) in [5.41, 5.74) is 0.858. The van der Waals surface area contributed by atoms with E-state index in [9.17, 15) is 9.59 Å². The lowest BCUT2D eigenvalue weighted by Gasteiger charge is -2.03. The number of ether oxygens (including phenoxy) is 1. The van der Waals surface area contributed by atoms with Crippen molar-refractivity contribution in [1.29, 1.82) is 0 Å². The molecule has 0 saturated carbocycles. The minimum Gasteiger partial charge on any atom is -0.444 e. The molecule has 2 rings (SSSR count). The number of hydrogen-bond donors (Lipinski definition) is 2. The van der Waals surface area contributed by atoms with E-state index >= 15 is 0 Å². The third kappa shape index (κ3) is 3.20. The molecule has 1 amide bonds. The van der Waals surface area contributed by atoms with Crippen LogP contribution < -0.4 is 11.1 Å². The third-order valence-electron chi connectivity index (χ3n) is 1.87. The maximum atomic E-state index is 11.3. The third-order valence-corrected chi connectivity index (χ3v) is 1.87. The number of amides is 1. The van der Waals surface area contributed by atoms with Crippen LogP contribution in [-0.2, 0) is 11.3 Å². The van der Waals surface area contributed by atoms with E-state index in [1.165, 1.54) is 0 Å². The molecule has 0 unspecified atom stereocenters. The zero-order chi connectivity index (χ0) is 12.1. The van der Waals surface area contributed by atoms with Crippen molar-refractivity contribution in [2.24, 2.45) is 0 Å². The normalized spacial score (nSPS) is 9.88. The lowest BCUT2D eigenvalue weighted by Crippen LogP contribution is -2.15. The van der Waals surface area contributed by atoms with Crippen molar-refractivity contribution in [2.75, 3.05) is 5.32 Å². The maximum Gasteiger partial charge on any atom is 0.440 e. The molecule has 0 aliphatic rings. The quantitative estimate of drug-likeness (QED) is 0.830. The van der Waals surface area contributed by atoms with Crippen LogP contribution in [0.2, 0.25) is 0 Å². The molecular formula is C10H9N3O4. The first kappa shape index (κ1) is 10.9. The molecule has 0 bridgehead atoms. The standard InChI is InChI=1S/C10H9N3O4/c14-9(11-8-12-10(15)17-13-8)16-6-7-4-2-1-3-5-7/h1-5H,6H2,(H2,11,12,13,14,15). The number of nitrogens with zero attached hydrogens (tertiary/aromatic N) is 1.